The summed E-state index contributed by atoms with van der Waals surface area (Å²) in [6.07, 6.45) is -1.41. The van der Waals surface area contributed by atoms with Crippen LogP contribution in [0.25, 0.3) is 5.78 Å². The van der Waals surface area contributed by atoms with Gasteiger partial charge < -0.3 is 16.4 Å². The smallest absolute Gasteiger partial charge is 0.331 e. The highest BCUT2D eigenvalue weighted by atomic mass is 19.4. The van der Waals surface area contributed by atoms with E-state index in [2.05, 4.69) is 25.8 Å². The van der Waals surface area contributed by atoms with E-state index in [0.29, 0.717) is 11.6 Å². The minimum Gasteiger partial charge on any atom is -0.331 e. The van der Waals surface area contributed by atoms with Gasteiger partial charge in [-0.05, 0) is 31.7 Å². The lowest BCUT2D eigenvalue weighted by molar-refractivity contribution is -0.202. The predicted molar refractivity (Wildman–Crippen MR) is 81.4 cm³/mol. The largest absolute Gasteiger partial charge is 0.411 e. The van der Waals surface area contributed by atoms with Crippen LogP contribution < -0.4 is 16.4 Å². The van der Waals surface area contributed by atoms with E-state index >= 15 is 0 Å². The number of rotatable bonds is 3. The maximum Gasteiger partial charge on any atom is 0.411 e. The molecule has 0 spiro atoms. The molecule has 136 valence electrons. The Labute approximate surface area is 141 Å². The Morgan fingerprint density at radius 3 is 2.76 bits per heavy atom. The number of urea groups is 1. The number of amides is 2. The predicted octanol–water partition coefficient (Wildman–Crippen LogP) is 1.13. The van der Waals surface area contributed by atoms with Crippen LogP contribution in [-0.4, -0.2) is 43.4 Å². The first-order valence-corrected chi connectivity index (χ1v) is 7.84. The molecule has 25 heavy (non-hydrogen) atoms. The van der Waals surface area contributed by atoms with Gasteiger partial charge >= 0.3 is 12.2 Å². The third-order valence-electron chi connectivity index (χ3n) is 4.45. The average Bonchev–Trinajstić information content (AvgIpc) is 2.97. The second-order valence-corrected chi connectivity index (χ2v) is 6.13. The normalized spacial score (nSPS) is 24.2. The highest BCUT2D eigenvalue weighted by Gasteiger charge is 2.56. The minimum absolute atomic E-state index is 0.0772. The number of fused-ring (bicyclic) bond motifs is 1. The zero-order valence-electron chi connectivity index (χ0n) is 13.3. The molecule has 2 heterocycles. The number of nitrogens with one attached hydrogen (secondary N) is 2. The Kier molecular flexibility index (Phi) is 4.50. The van der Waals surface area contributed by atoms with E-state index in [1.165, 1.54) is 6.20 Å². The fourth-order valence-corrected chi connectivity index (χ4v) is 2.94. The minimum atomic E-state index is -4.55. The van der Waals surface area contributed by atoms with Crippen molar-refractivity contribution >= 4 is 11.8 Å². The van der Waals surface area contributed by atoms with Crippen molar-refractivity contribution in [2.75, 3.05) is 0 Å². The van der Waals surface area contributed by atoms with Crippen LogP contribution in [-0.2, 0) is 6.54 Å². The number of hydrogen-bond acceptors (Lipinski definition) is 5. The molecule has 1 aliphatic carbocycles. The standard InChI is InChI=1S/C14H18F3N7O/c15-14(16,17)13(4-2-9(18)3-5-13)21-12(25)20-8-10-22-23-11-19-6-1-7-24(10)11/h1,6-7,9H,2-5,8,18H2,(H2,20,21,25). The molecule has 1 saturated carbocycles. The van der Waals surface area contributed by atoms with Crippen LogP contribution in [0.3, 0.4) is 0 Å². The van der Waals surface area contributed by atoms with Crippen LogP contribution in [0.15, 0.2) is 18.5 Å². The van der Waals surface area contributed by atoms with Crippen molar-refractivity contribution in [2.45, 2.75) is 50.0 Å². The molecule has 1 aliphatic rings. The zero-order valence-corrected chi connectivity index (χ0v) is 13.3. The van der Waals surface area contributed by atoms with Gasteiger partial charge in [0.05, 0.1) is 6.54 Å². The van der Waals surface area contributed by atoms with Crippen LogP contribution in [0.2, 0.25) is 0 Å². The number of carbonyl (C=O) groups is 1. The molecule has 2 aromatic rings. The molecular formula is C14H18F3N7O. The third kappa shape index (κ3) is 3.50. The first-order valence-electron chi connectivity index (χ1n) is 7.84. The Balaban J connectivity index is 1.66. The first kappa shape index (κ1) is 17.4. The van der Waals surface area contributed by atoms with E-state index in [1.54, 1.807) is 16.7 Å². The molecule has 2 amide bonds. The molecule has 0 radical (unpaired) electrons. The van der Waals surface area contributed by atoms with E-state index in [9.17, 15) is 18.0 Å². The summed E-state index contributed by atoms with van der Waals surface area (Å²) < 4.78 is 42.0. The summed E-state index contributed by atoms with van der Waals surface area (Å²) >= 11 is 0. The number of hydrogen-bond donors (Lipinski definition) is 3. The maximum atomic E-state index is 13.5. The van der Waals surface area contributed by atoms with Gasteiger partial charge in [-0.2, -0.15) is 13.2 Å². The molecule has 8 nitrogen and oxygen atoms in total. The number of carbonyl (C=O) groups excluding carboxylic acids is 1. The summed E-state index contributed by atoms with van der Waals surface area (Å²) in [4.78, 5) is 16.0. The molecule has 11 heteroatoms. The second kappa shape index (κ2) is 6.47. The van der Waals surface area contributed by atoms with Crippen molar-refractivity contribution in [2.24, 2.45) is 5.73 Å². The molecule has 1 fully saturated rings. The lowest BCUT2D eigenvalue weighted by Crippen LogP contribution is -2.62. The Morgan fingerprint density at radius 1 is 1.36 bits per heavy atom. The highest BCUT2D eigenvalue weighted by Crippen LogP contribution is 2.41. The molecule has 0 unspecified atom stereocenters. The quantitative estimate of drug-likeness (QED) is 0.763. The van der Waals surface area contributed by atoms with Crippen molar-refractivity contribution < 1.29 is 18.0 Å². The number of halogens is 3. The van der Waals surface area contributed by atoms with E-state index in [-0.39, 0.29) is 38.3 Å². The van der Waals surface area contributed by atoms with Crippen LogP contribution in [0.5, 0.6) is 0 Å². The number of nitrogens with zero attached hydrogens (tertiary/aromatic N) is 4. The lowest BCUT2D eigenvalue weighted by Gasteiger charge is -2.41. The fraction of sp³-hybridized carbons (Fsp3) is 0.571. The first-order chi connectivity index (χ1) is 11.8. The average molecular weight is 357 g/mol. The lowest BCUT2D eigenvalue weighted by atomic mass is 9.79. The van der Waals surface area contributed by atoms with Crippen LogP contribution in [0.4, 0.5) is 18.0 Å². The van der Waals surface area contributed by atoms with Gasteiger partial charge in [-0.15, -0.1) is 10.2 Å². The molecule has 0 bridgehead atoms. The number of aromatic nitrogens is 4. The van der Waals surface area contributed by atoms with E-state index in [1.807, 2.05) is 0 Å². The monoisotopic (exact) mass is 357 g/mol. The Hall–Kier alpha value is -2.43. The molecular weight excluding hydrogens is 339 g/mol. The van der Waals surface area contributed by atoms with Gasteiger partial charge in [0.25, 0.3) is 5.78 Å². The topological polar surface area (TPSA) is 110 Å². The summed E-state index contributed by atoms with van der Waals surface area (Å²) in [5, 5.41) is 12.2. The molecule has 0 aliphatic heterocycles. The molecule has 0 aromatic carbocycles. The van der Waals surface area contributed by atoms with Gasteiger partial charge in [-0.3, -0.25) is 4.40 Å². The summed E-state index contributed by atoms with van der Waals surface area (Å²) in [7, 11) is 0. The Morgan fingerprint density at radius 2 is 2.08 bits per heavy atom. The van der Waals surface area contributed by atoms with Crippen molar-refractivity contribution in [3.05, 3.63) is 24.3 Å². The molecule has 3 rings (SSSR count). The van der Waals surface area contributed by atoms with Crippen LogP contribution in [0, 0.1) is 0 Å². The number of alkyl halides is 3. The molecule has 0 saturated heterocycles. The molecule has 4 N–H and O–H groups in total. The van der Waals surface area contributed by atoms with E-state index in [4.69, 9.17) is 5.73 Å². The van der Waals surface area contributed by atoms with Crippen molar-refractivity contribution in [1.29, 1.82) is 0 Å². The van der Waals surface area contributed by atoms with Crippen LogP contribution >= 0.6 is 0 Å². The number of nitrogens with two attached hydrogens (primary N) is 1. The van der Waals surface area contributed by atoms with Gasteiger partial charge in [-0.25, -0.2) is 9.78 Å². The Bertz CT molecular complexity index is 752. The SMILES string of the molecule is NC1CCC(NC(=O)NCc2nnc3ncccn23)(C(F)(F)F)CC1. The van der Waals surface area contributed by atoms with Crippen molar-refractivity contribution in [3.8, 4) is 0 Å². The van der Waals surface area contributed by atoms with Gasteiger partial charge in [0.1, 0.15) is 5.54 Å². The van der Waals surface area contributed by atoms with E-state index < -0.39 is 17.7 Å². The van der Waals surface area contributed by atoms with Crippen molar-refractivity contribution in [3.63, 3.8) is 0 Å². The van der Waals surface area contributed by atoms with Crippen molar-refractivity contribution in [1.82, 2.24) is 30.2 Å². The molecule has 2 aromatic heterocycles. The third-order valence-corrected chi connectivity index (χ3v) is 4.45. The maximum absolute atomic E-state index is 13.5. The summed E-state index contributed by atoms with van der Waals surface area (Å²) in [6.45, 7) is -0.0772. The van der Waals surface area contributed by atoms with E-state index in [0.717, 1.165) is 0 Å². The zero-order chi connectivity index (χ0) is 18.1. The van der Waals surface area contributed by atoms with Gasteiger partial charge in [-0.1, -0.05) is 0 Å². The van der Waals surface area contributed by atoms with Gasteiger partial charge in [0.15, 0.2) is 5.82 Å². The van der Waals surface area contributed by atoms with Gasteiger partial charge in [0.2, 0.25) is 0 Å². The molecule has 0 atom stereocenters. The van der Waals surface area contributed by atoms with Gasteiger partial charge in [0, 0.05) is 18.4 Å². The summed E-state index contributed by atoms with van der Waals surface area (Å²) in [6, 6.07) is 0.479. The summed E-state index contributed by atoms with van der Waals surface area (Å²) in [5.41, 5.74) is 3.44. The second-order valence-electron chi connectivity index (χ2n) is 6.13. The summed E-state index contributed by atoms with van der Waals surface area (Å²) in [5.74, 6) is 0.706. The highest BCUT2D eigenvalue weighted by molar-refractivity contribution is 5.75. The fourth-order valence-electron chi connectivity index (χ4n) is 2.94. The van der Waals surface area contributed by atoms with Crippen LogP contribution in [0.1, 0.15) is 31.5 Å².